The number of ether oxygens (including phenoxy) is 2. The van der Waals surface area contributed by atoms with Crippen molar-refractivity contribution < 1.29 is 24.2 Å². The second-order valence-electron chi connectivity index (χ2n) is 7.77. The first-order valence-electron chi connectivity index (χ1n) is 11.8. The van der Waals surface area contributed by atoms with Crippen molar-refractivity contribution in [1.29, 1.82) is 0 Å². The van der Waals surface area contributed by atoms with E-state index in [0.717, 1.165) is 5.69 Å². The van der Waals surface area contributed by atoms with Gasteiger partial charge in [-0.25, -0.2) is 0 Å². The number of aliphatic carboxylic acids is 1. The van der Waals surface area contributed by atoms with E-state index in [1.807, 2.05) is 48.5 Å². The first kappa shape index (κ1) is 27.3. The van der Waals surface area contributed by atoms with Gasteiger partial charge < -0.3 is 35.8 Å². The van der Waals surface area contributed by atoms with Gasteiger partial charge in [0.1, 0.15) is 6.04 Å². The Balaban J connectivity index is 1.36. The lowest BCUT2D eigenvalue weighted by Crippen LogP contribution is -2.27. The maximum atomic E-state index is 11.9. The molecular formula is C25H31N7O5. The Morgan fingerprint density at radius 1 is 0.811 bits per heavy atom. The average molecular weight is 510 g/mol. The summed E-state index contributed by atoms with van der Waals surface area (Å²) in [6, 6.07) is 17.5. The standard InChI is InChI=1S/C25H31N7O5/c1-18(22(34)35)28-24-30-23(31-25(32-24)29-20-10-6-3-7-11-20)27-13-15-37-17-16-36-14-12-26-21(33)19-8-4-2-5-9-19/h2-11,18H,12-17H2,1H3,(H,26,33)(H,34,35)(H3,27,28,29,30,31,32)/t18-/m0/s1. The molecule has 0 aliphatic heterocycles. The van der Waals surface area contributed by atoms with Gasteiger partial charge >= 0.3 is 5.97 Å². The Kier molecular flexibility index (Phi) is 11.0. The highest BCUT2D eigenvalue weighted by atomic mass is 16.5. The van der Waals surface area contributed by atoms with Crippen LogP contribution in [0.4, 0.5) is 23.5 Å². The molecular weight excluding hydrogens is 478 g/mol. The Morgan fingerprint density at radius 2 is 1.41 bits per heavy atom. The highest BCUT2D eigenvalue weighted by Gasteiger charge is 2.14. The second kappa shape index (κ2) is 15.0. The molecule has 0 fully saturated rings. The molecule has 12 nitrogen and oxygen atoms in total. The quantitative estimate of drug-likeness (QED) is 0.180. The topological polar surface area (TPSA) is 160 Å². The zero-order valence-corrected chi connectivity index (χ0v) is 20.5. The SMILES string of the molecule is C[C@H](Nc1nc(NCCOCCOCCNC(=O)c2ccccc2)nc(Nc2ccccc2)n1)C(=O)O. The molecule has 2 aromatic carbocycles. The predicted octanol–water partition coefficient (Wildman–Crippen LogP) is 2.38. The molecule has 0 aliphatic rings. The number of carboxylic acid groups (broad SMARTS) is 1. The monoisotopic (exact) mass is 509 g/mol. The summed E-state index contributed by atoms with van der Waals surface area (Å²) in [7, 11) is 0. The van der Waals surface area contributed by atoms with E-state index in [4.69, 9.17) is 9.47 Å². The third kappa shape index (κ3) is 10.1. The first-order chi connectivity index (χ1) is 18.0. The number of carboxylic acids is 1. The molecule has 0 unspecified atom stereocenters. The highest BCUT2D eigenvalue weighted by molar-refractivity contribution is 5.94. The molecule has 3 rings (SSSR count). The molecule has 1 amide bonds. The minimum atomic E-state index is -1.03. The number of carbonyl (C=O) groups excluding carboxylic acids is 1. The zero-order chi connectivity index (χ0) is 26.3. The third-order valence-corrected chi connectivity index (χ3v) is 4.85. The summed E-state index contributed by atoms with van der Waals surface area (Å²) in [6.45, 7) is 3.84. The molecule has 0 bridgehead atoms. The Labute approximate surface area is 214 Å². The summed E-state index contributed by atoms with van der Waals surface area (Å²) in [5.74, 6) is -0.510. The summed E-state index contributed by atoms with van der Waals surface area (Å²) in [4.78, 5) is 36.0. The smallest absolute Gasteiger partial charge is 0.325 e. The van der Waals surface area contributed by atoms with Gasteiger partial charge in [0.05, 0.1) is 26.4 Å². The van der Waals surface area contributed by atoms with Crippen LogP contribution in [0.3, 0.4) is 0 Å². The van der Waals surface area contributed by atoms with Crippen molar-refractivity contribution in [3.63, 3.8) is 0 Å². The molecule has 196 valence electrons. The summed E-state index contributed by atoms with van der Waals surface area (Å²) in [5.41, 5.74) is 1.39. The summed E-state index contributed by atoms with van der Waals surface area (Å²) in [6.07, 6.45) is 0. The zero-order valence-electron chi connectivity index (χ0n) is 20.5. The minimum Gasteiger partial charge on any atom is -0.480 e. The van der Waals surface area contributed by atoms with Crippen LogP contribution in [0.15, 0.2) is 60.7 Å². The van der Waals surface area contributed by atoms with E-state index in [1.165, 1.54) is 6.92 Å². The van der Waals surface area contributed by atoms with Crippen molar-refractivity contribution in [3.8, 4) is 0 Å². The van der Waals surface area contributed by atoms with E-state index in [-0.39, 0.29) is 23.8 Å². The molecule has 1 aromatic heterocycles. The van der Waals surface area contributed by atoms with E-state index < -0.39 is 12.0 Å². The molecule has 12 heteroatoms. The number of carbonyl (C=O) groups is 2. The highest BCUT2D eigenvalue weighted by Crippen LogP contribution is 2.15. The number of rotatable bonds is 16. The fraction of sp³-hybridized carbons (Fsp3) is 0.320. The number of para-hydroxylation sites is 1. The van der Waals surface area contributed by atoms with Gasteiger partial charge in [0.2, 0.25) is 17.8 Å². The van der Waals surface area contributed by atoms with Crippen molar-refractivity contribution >= 4 is 35.4 Å². The Bertz CT molecular complexity index is 1120. The van der Waals surface area contributed by atoms with Crippen molar-refractivity contribution in [1.82, 2.24) is 20.3 Å². The molecule has 5 N–H and O–H groups in total. The van der Waals surface area contributed by atoms with Crippen molar-refractivity contribution in [3.05, 3.63) is 66.2 Å². The summed E-state index contributed by atoms with van der Waals surface area (Å²) < 4.78 is 11.0. The molecule has 0 saturated heterocycles. The molecule has 3 aromatic rings. The van der Waals surface area contributed by atoms with Crippen molar-refractivity contribution in [2.75, 3.05) is 55.5 Å². The van der Waals surface area contributed by atoms with E-state index in [9.17, 15) is 14.7 Å². The average Bonchev–Trinajstić information content (AvgIpc) is 2.90. The largest absolute Gasteiger partial charge is 0.480 e. The van der Waals surface area contributed by atoms with Crippen LogP contribution in [0.25, 0.3) is 0 Å². The van der Waals surface area contributed by atoms with Gasteiger partial charge in [0.25, 0.3) is 5.91 Å². The Hall–Kier alpha value is -4.29. The van der Waals surface area contributed by atoms with Crippen LogP contribution in [0, 0.1) is 0 Å². The van der Waals surface area contributed by atoms with Gasteiger partial charge in [-0.15, -0.1) is 0 Å². The first-order valence-corrected chi connectivity index (χ1v) is 11.8. The molecule has 37 heavy (non-hydrogen) atoms. The minimum absolute atomic E-state index is 0.125. The lowest BCUT2D eigenvalue weighted by molar-refractivity contribution is -0.137. The van der Waals surface area contributed by atoms with Gasteiger partial charge in [-0.05, 0) is 31.2 Å². The van der Waals surface area contributed by atoms with Crippen molar-refractivity contribution in [2.24, 2.45) is 0 Å². The molecule has 0 aliphatic carbocycles. The number of hydrogen-bond acceptors (Lipinski definition) is 10. The molecule has 0 radical (unpaired) electrons. The fourth-order valence-corrected chi connectivity index (χ4v) is 2.97. The maximum Gasteiger partial charge on any atom is 0.325 e. The van der Waals surface area contributed by atoms with E-state index in [2.05, 4.69) is 36.2 Å². The number of amides is 1. The van der Waals surface area contributed by atoms with Crippen LogP contribution in [-0.2, 0) is 14.3 Å². The van der Waals surface area contributed by atoms with Gasteiger partial charge in [0, 0.05) is 24.3 Å². The van der Waals surface area contributed by atoms with Crippen LogP contribution < -0.4 is 21.3 Å². The number of aromatic nitrogens is 3. The van der Waals surface area contributed by atoms with Gasteiger partial charge in [0.15, 0.2) is 0 Å². The van der Waals surface area contributed by atoms with Crippen LogP contribution in [0.2, 0.25) is 0 Å². The van der Waals surface area contributed by atoms with Crippen LogP contribution in [-0.4, -0.2) is 77.5 Å². The summed E-state index contributed by atoms with van der Waals surface area (Å²) in [5, 5.41) is 20.8. The number of nitrogens with one attached hydrogen (secondary N) is 4. The molecule has 0 saturated carbocycles. The fourth-order valence-electron chi connectivity index (χ4n) is 2.97. The molecule has 1 heterocycles. The lowest BCUT2D eigenvalue weighted by atomic mass is 10.2. The van der Waals surface area contributed by atoms with Crippen LogP contribution >= 0.6 is 0 Å². The number of benzene rings is 2. The lowest BCUT2D eigenvalue weighted by Gasteiger charge is -2.13. The molecule has 1 atom stereocenters. The number of nitrogens with zero attached hydrogens (tertiary/aromatic N) is 3. The van der Waals surface area contributed by atoms with E-state index in [1.54, 1.807) is 12.1 Å². The van der Waals surface area contributed by atoms with Crippen LogP contribution in [0.5, 0.6) is 0 Å². The van der Waals surface area contributed by atoms with Gasteiger partial charge in [-0.2, -0.15) is 15.0 Å². The van der Waals surface area contributed by atoms with Crippen LogP contribution in [0.1, 0.15) is 17.3 Å². The Morgan fingerprint density at radius 3 is 2.08 bits per heavy atom. The third-order valence-electron chi connectivity index (χ3n) is 4.85. The number of hydrogen-bond donors (Lipinski definition) is 5. The van der Waals surface area contributed by atoms with Crippen molar-refractivity contribution in [2.45, 2.75) is 13.0 Å². The normalized spacial score (nSPS) is 11.4. The molecule has 0 spiro atoms. The van der Waals surface area contributed by atoms with Gasteiger partial charge in [-0.1, -0.05) is 36.4 Å². The summed E-state index contributed by atoms with van der Waals surface area (Å²) >= 11 is 0. The van der Waals surface area contributed by atoms with E-state index >= 15 is 0 Å². The van der Waals surface area contributed by atoms with E-state index in [0.29, 0.717) is 45.1 Å². The predicted molar refractivity (Wildman–Crippen MR) is 139 cm³/mol. The second-order valence-corrected chi connectivity index (χ2v) is 7.77. The maximum absolute atomic E-state index is 11.9. The number of anilines is 4. The van der Waals surface area contributed by atoms with Gasteiger partial charge in [-0.3, -0.25) is 9.59 Å².